The Morgan fingerprint density at radius 1 is 1.20 bits per heavy atom. The van der Waals surface area contributed by atoms with Crippen molar-refractivity contribution in [3.8, 4) is 0 Å². The number of rotatable bonds is 7. The Balaban J connectivity index is 1.23. The number of aromatic nitrogens is 2. The lowest BCUT2D eigenvalue weighted by Gasteiger charge is -2.46. The summed E-state index contributed by atoms with van der Waals surface area (Å²) in [6, 6.07) is 2.73. The molecule has 0 aromatic carbocycles. The normalized spacial score (nSPS) is 19.4. The van der Waals surface area contributed by atoms with Gasteiger partial charge in [0.05, 0.1) is 16.7 Å². The molecule has 2 saturated heterocycles. The second kappa shape index (κ2) is 10.7. The standard InChI is InChI=1S/C27H42ClN5O2/c1-19(2)24(8-7-9-30-10-12-31(13-11-30)26(34)35-27(4,5)6)32-16-22(17-32)21-14-23(28)25-15-29-20(3)33(25)18-21/h14-15,18-19,22,24H,7-13,16-17H2,1-6H3/t24-/m1/s1. The van der Waals surface area contributed by atoms with Gasteiger partial charge in [0.25, 0.3) is 0 Å². The Morgan fingerprint density at radius 3 is 2.51 bits per heavy atom. The minimum Gasteiger partial charge on any atom is -0.444 e. The zero-order valence-corrected chi connectivity index (χ0v) is 23.0. The van der Waals surface area contributed by atoms with Crippen LogP contribution in [0.1, 0.15) is 64.8 Å². The quantitative estimate of drug-likeness (QED) is 0.529. The number of hydrogen-bond donors (Lipinski definition) is 0. The molecule has 35 heavy (non-hydrogen) atoms. The van der Waals surface area contributed by atoms with Gasteiger partial charge in [0.1, 0.15) is 11.4 Å². The van der Waals surface area contributed by atoms with Crippen LogP contribution in [0.4, 0.5) is 4.79 Å². The van der Waals surface area contributed by atoms with Crippen LogP contribution >= 0.6 is 11.6 Å². The number of nitrogens with zero attached hydrogens (tertiary/aromatic N) is 5. The largest absolute Gasteiger partial charge is 0.444 e. The molecule has 0 radical (unpaired) electrons. The predicted molar refractivity (Wildman–Crippen MR) is 141 cm³/mol. The van der Waals surface area contributed by atoms with E-state index >= 15 is 0 Å². The third kappa shape index (κ3) is 6.30. The number of ether oxygens (including phenoxy) is 1. The van der Waals surface area contributed by atoms with Gasteiger partial charge in [0.15, 0.2) is 0 Å². The fourth-order valence-corrected chi connectivity index (χ4v) is 5.63. The number of likely N-dealkylation sites (tertiary alicyclic amines) is 1. The molecule has 2 aliphatic heterocycles. The first-order valence-electron chi connectivity index (χ1n) is 13.1. The van der Waals surface area contributed by atoms with Crippen LogP contribution in [0.15, 0.2) is 18.5 Å². The molecule has 2 aliphatic rings. The zero-order chi connectivity index (χ0) is 25.3. The Bertz CT molecular complexity index is 1020. The smallest absolute Gasteiger partial charge is 0.410 e. The molecule has 1 amide bonds. The van der Waals surface area contributed by atoms with Crippen LogP contribution in [0.3, 0.4) is 0 Å². The predicted octanol–water partition coefficient (Wildman–Crippen LogP) is 5.05. The summed E-state index contributed by atoms with van der Waals surface area (Å²) in [5.74, 6) is 2.13. The highest BCUT2D eigenvalue weighted by molar-refractivity contribution is 6.33. The first kappa shape index (κ1) is 26.2. The molecule has 4 heterocycles. The number of fused-ring (bicyclic) bond motifs is 1. The average molecular weight is 504 g/mol. The summed E-state index contributed by atoms with van der Waals surface area (Å²) in [6.45, 7) is 19.1. The molecule has 2 aromatic heterocycles. The zero-order valence-electron chi connectivity index (χ0n) is 22.3. The van der Waals surface area contributed by atoms with E-state index in [0.29, 0.717) is 17.9 Å². The lowest BCUT2D eigenvalue weighted by Crippen LogP contribution is -2.53. The summed E-state index contributed by atoms with van der Waals surface area (Å²) in [5.41, 5.74) is 1.86. The monoisotopic (exact) mass is 503 g/mol. The molecule has 0 aliphatic carbocycles. The van der Waals surface area contributed by atoms with Gasteiger partial charge in [0, 0.05) is 57.4 Å². The van der Waals surface area contributed by atoms with Gasteiger partial charge < -0.3 is 14.0 Å². The first-order valence-corrected chi connectivity index (χ1v) is 13.5. The van der Waals surface area contributed by atoms with Crippen molar-refractivity contribution in [2.75, 3.05) is 45.8 Å². The number of hydrogen-bond acceptors (Lipinski definition) is 5. The molecule has 0 bridgehead atoms. The lowest BCUT2D eigenvalue weighted by molar-refractivity contribution is 0.0137. The van der Waals surface area contributed by atoms with Crippen molar-refractivity contribution in [1.82, 2.24) is 24.1 Å². The second-order valence-corrected chi connectivity index (χ2v) is 12.0. The van der Waals surface area contributed by atoms with E-state index in [4.69, 9.17) is 16.3 Å². The molecule has 7 nitrogen and oxygen atoms in total. The maximum absolute atomic E-state index is 12.3. The van der Waals surface area contributed by atoms with Gasteiger partial charge in [-0.25, -0.2) is 9.78 Å². The molecule has 0 unspecified atom stereocenters. The maximum atomic E-state index is 12.3. The number of imidazole rings is 1. The molecule has 2 aromatic rings. The molecule has 194 valence electrons. The van der Waals surface area contributed by atoms with Crippen LogP contribution < -0.4 is 0 Å². The van der Waals surface area contributed by atoms with Gasteiger partial charge in [-0.05, 0) is 64.6 Å². The third-order valence-electron chi connectivity index (χ3n) is 7.42. The van der Waals surface area contributed by atoms with Crippen molar-refractivity contribution in [3.05, 3.63) is 34.9 Å². The van der Waals surface area contributed by atoms with Gasteiger partial charge in [0.2, 0.25) is 0 Å². The number of aryl methyl sites for hydroxylation is 1. The SMILES string of the molecule is Cc1ncc2c(Cl)cc(C3CN([C@H](CCCN4CCN(C(=O)OC(C)(C)C)CC4)C(C)C)C3)cn12. The molecule has 1 atom stereocenters. The maximum Gasteiger partial charge on any atom is 0.410 e. The molecule has 0 saturated carbocycles. The van der Waals surface area contributed by atoms with E-state index in [1.807, 2.05) is 38.8 Å². The molecule has 0 N–H and O–H groups in total. The van der Waals surface area contributed by atoms with E-state index < -0.39 is 5.60 Å². The minimum atomic E-state index is -0.437. The highest BCUT2D eigenvalue weighted by Crippen LogP contribution is 2.34. The molecule has 0 spiro atoms. The Labute approximate surface area is 215 Å². The van der Waals surface area contributed by atoms with E-state index in [0.717, 1.165) is 62.2 Å². The van der Waals surface area contributed by atoms with Gasteiger partial charge >= 0.3 is 6.09 Å². The highest BCUT2D eigenvalue weighted by atomic mass is 35.5. The van der Waals surface area contributed by atoms with Gasteiger partial charge in [-0.2, -0.15) is 0 Å². The van der Waals surface area contributed by atoms with Gasteiger partial charge in [-0.15, -0.1) is 0 Å². The van der Waals surface area contributed by atoms with Crippen molar-refractivity contribution in [2.45, 2.75) is 71.9 Å². The van der Waals surface area contributed by atoms with Gasteiger partial charge in [-0.1, -0.05) is 25.4 Å². The Morgan fingerprint density at radius 2 is 1.89 bits per heavy atom. The van der Waals surface area contributed by atoms with Crippen LogP contribution in [-0.2, 0) is 4.74 Å². The summed E-state index contributed by atoms with van der Waals surface area (Å²) in [6.07, 6.45) is 6.26. The van der Waals surface area contributed by atoms with Crippen molar-refractivity contribution in [3.63, 3.8) is 0 Å². The summed E-state index contributed by atoms with van der Waals surface area (Å²) >= 11 is 6.54. The second-order valence-electron chi connectivity index (χ2n) is 11.6. The molecular formula is C27H42ClN5O2. The number of carbonyl (C=O) groups excluding carboxylic acids is 1. The highest BCUT2D eigenvalue weighted by Gasteiger charge is 2.35. The summed E-state index contributed by atoms with van der Waals surface area (Å²) in [7, 11) is 0. The first-order chi connectivity index (χ1) is 16.5. The lowest BCUT2D eigenvalue weighted by atomic mass is 9.86. The van der Waals surface area contributed by atoms with Crippen molar-refractivity contribution >= 4 is 23.2 Å². The summed E-state index contributed by atoms with van der Waals surface area (Å²) in [5, 5.41) is 0.786. The number of pyridine rings is 1. The molecule has 8 heteroatoms. The van der Waals surface area contributed by atoms with Crippen LogP contribution in [-0.4, -0.2) is 87.6 Å². The minimum absolute atomic E-state index is 0.187. The summed E-state index contributed by atoms with van der Waals surface area (Å²) < 4.78 is 7.63. The van der Waals surface area contributed by atoms with E-state index in [9.17, 15) is 4.79 Å². The Kier molecular flexibility index (Phi) is 7.99. The Hall–Kier alpha value is -1.83. The van der Waals surface area contributed by atoms with Crippen molar-refractivity contribution < 1.29 is 9.53 Å². The fourth-order valence-electron chi connectivity index (χ4n) is 5.36. The number of amides is 1. The van der Waals surface area contributed by atoms with Gasteiger partial charge in [-0.3, -0.25) is 9.80 Å². The molecular weight excluding hydrogens is 462 g/mol. The van der Waals surface area contributed by atoms with Crippen LogP contribution in [0.2, 0.25) is 5.02 Å². The van der Waals surface area contributed by atoms with E-state index in [2.05, 4.69) is 45.3 Å². The summed E-state index contributed by atoms with van der Waals surface area (Å²) in [4.78, 5) is 23.7. The number of halogens is 1. The number of carbonyl (C=O) groups is 1. The van der Waals surface area contributed by atoms with Crippen LogP contribution in [0, 0.1) is 12.8 Å². The van der Waals surface area contributed by atoms with Crippen molar-refractivity contribution in [1.29, 1.82) is 0 Å². The van der Waals surface area contributed by atoms with Crippen LogP contribution in [0.5, 0.6) is 0 Å². The topological polar surface area (TPSA) is 53.3 Å². The van der Waals surface area contributed by atoms with Crippen LogP contribution in [0.25, 0.3) is 5.52 Å². The van der Waals surface area contributed by atoms with Crippen molar-refractivity contribution in [2.24, 2.45) is 5.92 Å². The van der Waals surface area contributed by atoms with E-state index in [1.165, 1.54) is 18.4 Å². The van der Waals surface area contributed by atoms with E-state index in [-0.39, 0.29) is 6.09 Å². The van der Waals surface area contributed by atoms with E-state index in [1.54, 1.807) is 0 Å². The molecule has 2 fully saturated rings. The molecule has 4 rings (SSSR count). The third-order valence-corrected chi connectivity index (χ3v) is 7.72. The number of piperazine rings is 1. The fraction of sp³-hybridized carbons (Fsp3) is 0.704. The average Bonchev–Trinajstić information content (AvgIpc) is 3.12.